The van der Waals surface area contributed by atoms with E-state index >= 15 is 0 Å². The largest absolute Gasteiger partial charge is 0.490 e. The van der Waals surface area contributed by atoms with Crippen molar-refractivity contribution in [3.05, 3.63) is 111 Å². The van der Waals surface area contributed by atoms with Gasteiger partial charge < -0.3 is 14.8 Å². The van der Waals surface area contributed by atoms with Gasteiger partial charge in [-0.2, -0.15) is 0 Å². The third kappa shape index (κ3) is 6.49. The molecule has 0 radical (unpaired) electrons. The van der Waals surface area contributed by atoms with Crippen LogP contribution in [0.3, 0.4) is 0 Å². The third-order valence-corrected chi connectivity index (χ3v) is 6.34. The summed E-state index contributed by atoms with van der Waals surface area (Å²) in [6.07, 6.45) is 4.01. The first-order valence-electron chi connectivity index (χ1n) is 12.1. The molecular weight excluding hydrogens is 532 g/mol. The molecule has 3 amide bonds. The van der Waals surface area contributed by atoms with Crippen LogP contribution in [0, 0.1) is 6.92 Å². The standard InChI is InChI=1S/C30H29BrN2O4/c1-4-7-24-15-23(17-27(36-5-2)28(24)37-19-21-10-12-25(31)13-11-21)16-26-29(34)33(30(35)32-26)18-22-9-6-8-20(3)14-22/h4,6,8-17H,1,5,7,18-19H2,2-3H3,(H,32,35)/b26-16+. The zero-order valence-electron chi connectivity index (χ0n) is 20.9. The molecule has 3 aromatic rings. The van der Waals surface area contributed by atoms with Crippen molar-refractivity contribution in [2.75, 3.05) is 6.61 Å². The first-order valence-corrected chi connectivity index (χ1v) is 12.8. The second kappa shape index (κ2) is 11.9. The molecule has 6 nitrogen and oxygen atoms in total. The van der Waals surface area contributed by atoms with Crippen LogP contribution in [0.2, 0.25) is 0 Å². The van der Waals surface area contributed by atoms with E-state index < -0.39 is 6.03 Å². The second-order valence-electron chi connectivity index (χ2n) is 8.72. The minimum absolute atomic E-state index is 0.207. The number of hydrogen-bond donors (Lipinski definition) is 1. The van der Waals surface area contributed by atoms with Crippen LogP contribution in [-0.4, -0.2) is 23.4 Å². The average molecular weight is 561 g/mol. The summed E-state index contributed by atoms with van der Waals surface area (Å²) >= 11 is 3.45. The number of hydrogen-bond acceptors (Lipinski definition) is 4. The minimum Gasteiger partial charge on any atom is -0.490 e. The van der Waals surface area contributed by atoms with E-state index in [1.165, 1.54) is 4.90 Å². The van der Waals surface area contributed by atoms with Gasteiger partial charge in [0.1, 0.15) is 12.3 Å². The molecule has 4 rings (SSSR count). The highest BCUT2D eigenvalue weighted by molar-refractivity contribution is 9.10. The van der Waals surface area contributed by atoms with Crippen LogP contribution in [0.4, 0.5) is 4.79 Å². The molecule has 0 aromatic heterocycles. The molecule has 0 aliphatic carbocycles. The molecule has 190 valence electrons. The molecule has 3 aromatic carbocycles. The van der Waals surface area contributed by atoms with Crippen LogP contribution in [-0.2, 0) is 24.4 Å². The van der Waals surface area contributed by atoms with E-state index in [9.17, 15) is 9.59 Å². The van der Waals surface area contributed by atoms with Gasteiger partial charge in [-0.25, -0.2) is 4.79 Å². The molecule has 1 heterocycles. The monoisotopic (exact) mass is 560 g/mol. The topological polar surface area (TPSA) is 67.9 Å². The molecule has 1 aliphatic rings. The molecule has 1 saturated heterocycles. The van der Waals surface area contributed by atoms with Crippen LogP contribution < -0.4 is 14.8 Å². The highest BCUT2D eigenvalue weighted by Gasteiger charge is 2.33. The van der Waals surface area contributed by atoms with Gasteiger partial charge in [0.05, 0.1) is 13.2 Å². The number of halogens is 1. The molecular formula is C30H29BrN2O4. The maximum atomic E-state index is 13.1. The van der Waals surface area contributed by atoms with Crippen molar-refractivity contribution in [3.8, 4) is 11.5 Å². The molecule has 37 heavy (non-hydrogen) atoms. The Morgan fingerprint density at radius 2 is 1.81 bits per heavy atom. The lowest BCUT2D eigenvalue weighted by atomic mass is 10.0. The average Bonchev–Trinajstić information content (AvgIpc) is 3.12. The van der Waals surface area contributed by atoms with Crippen LogP contribution in [0.15, 0.2) is 83.5 Å². The summed E-state index contributed by atoms with van der Waals surface area (Å²) in [5.74, 6) is 0.833. The fraction of sp³-hybridized carbons (Fsp3) is 0.200. The van der Waals surface area contributed by atoms with E-state index in [2.05, 4.69) is 27.8 Å². The smallest absolute Gasteiger partial charge is 0.329 e. The molecule has 1 fully saturated rings. The van der Waals surface area contributed by atoms with Crippen molar-refractivity contribution < 1.29 is 19.1 Å². The number of aryl methyl sites for hydroxylation is 1. The molecule has 0 spiro atoms. The Labute approximate surface area is 225 Å². The van der Waals surface area contributed by atoms with Gasteiger partial charge in [0.15, 0.2) is 11.5 Å². The van der Waals surface area contributed by atoms with Crippen molar-refractivity contribution in [2.45, 2.75) is 33.4 Å². The van der Waals surface area contributed by atoms with E-state index in [4.69, 9.17) is 9.47 Å². The lowest BCUT2D eigenvalue weighted by molar-refractivity contribution is -0.123. The fourth-order valence-corrected chi connectivity index (χ4v) is 4.38. The lowest BCUT2D eigenvalue weighted by Gasteiger charge is -2.17. The number of nitrogens with zero attached hydrogens (tertiary/aromatic N) is 1. The predicted octanol–water partition coefficient (Wildman–Crippen LogP) is 6.56. The summed E-state index contributed by atoms with van der Waals surface area (Å²) in [5, 5.41) is 2.71. The van der Waals surface area contributed by atoms with Crippen molar-refractivity contribution in [2.24, 2.45) is 0 Å². The number of amides is 3. The molecule has 1 N–H and O–H groups in total. The van der Waals surface area contributed by atoms with Crippen molar-refractivity contribution in [3.63, 3.8) is 0 Å². The normalized spacial score (nSPS) is 14.1. The zero-order chi connectivity index (χ0) is 26.4. The Bertz CT molecular complexity index is 1350. The summed E-state index contributed by atoms with van der Waals surface area (Å²) in [6.45, 7) is 8.79. The minimum atomic E-state index is -0.441. The van der Waals surface area contributed by atoms with Gasteiger partial charge in [-0.1, -0.05) is 64.0 Å². The number of imide groups is 1. The summed E-state index contributed by atoms with van der Waals surface area (Å²) in [7, 11) is 0. The number of carbonyl (C=O) groups excluding carboxylic acids is 2. The highest BCUT2D eigenvalue weighted by Crippen LogP contribution is 2.35. The Balaban J connectivity index is 1.61. The molecule has 0 atom stereocenters. The number of nitrogens with one attached hydrogen (secondary N) is 1. The first-order chi connectivity index (χ1) is 17.9. The Hall–Kier alpha value is -3.84. The van der Waals surface area contributed by atoms with Gasteiger partial charge in [0.25, 0.3) is 5.91 Å². The van der Waals surface area contributed by atoms with Gasteiger partial charge in [-0.15, -0.1) is 6.58 Å². The van der Waals surface area contributed by atoms with Crippen LogP contribution >= 0.6 is 15.9 Å². The van der Waals surface area contributed by atoms with Gasteiger partial charge in [-0.05, 0) is 67.3 Å². The van der Waals surface area contributed by atoms with E-state index in [0.717, 1.165) is 32.3 Å². The van der Waals surface area contributed by atoms with Crippen molar-refractivity contribution in [1.82, 2.24) is 10.2 Å². The first kappa shape index (κ1) is 26.2. The van der Waals surface area contributed by atoms with E-state index in [1.807, 2.05) is 74.5 Å². The number of ether oxygens (including phenoxy) is 2. The van der Waals surface area contributed by atoms with Gasteiger partial charge in [0, 0.05) is 10.0 Å². The maximum Gasteiger partial charge on any atom is 0.329 e. The van der Waals surface area contributed by atoms with E-state index in [-0.39, 0.29) is 18.1 Å². The van der Waals surface area contributed by atoms with E-state index in [1.54, 1.807) is 12.2 Å². The molecule has 0 unspecified atom stereocenters. The van der Waals surface area contributed by atoms with E-state index in [0.29, 0.717) is 31.1 Å². The fourth-order valence-electron chi connectivity index (χ4n) is 4.11. The van der Waals surface area contributed by atoms with Gasteiger partial charge >= 0.3 is 6.03 Å². The molecule has 7 heteroatoms. The number of carbonyl (C=O) groups is 2. The molecule has 1 aliphatic heterocycles. The quantitative estimate of drug-likeness (QED) is 0.173. The number of benzene rings is 3. The number of rotatable bonds is 10. The zero-order valence-corrected chi connectivity index (χ0v) is 22.5. The Morgan fingerprint density at radius 3 is 2.51 bits per heavy atom. The predicted molar refractivity (Wildman–Crippen MR) is 148 cm³/mol. The molecule has 0 saturated carbocycles. The maximum absolute atomic E-state index is 13.1. The van der Waals surface area contributed by atoms with Crippen LogP contribution in [0.1, 0.15) is 34.7 Å². The summed E-state index contributed by atoms with van der Waals surface area (Å²) in [6, 6.07) is 19.0. The summed E-state index contributed by atoms with van der Waals surface area (Å²) in [4.78, 5) is 26.9. The van der Waals surface area contributed by atoms with Crippen LogP contribution in [0.25, 0.3) is 6.08 Å². The summed E-state index contributed by atoms with van der Waals surface area (Å²) in [5.41, 5.74) is 4.79. The second-order valence-corrected chi connectivity index (χ2v) is 9.63. The highest BCUT2D eigenvalue weighted by atomic mass is 79.9. The SMILES string of the molecule is C=CCc1cc(/C=C2/NC(=O)N(Cc3cccc(C)c3)C2=O)cc(OCC)c1OCc1ccc(Br)cc1. The van der Waals surface area contributed by atoms with Gasteiger partial charge in [0.2, 0.25) is 0 Å². The van der Waals surface area contributed by atoms with Crippen LogP contribution in [0.5, 0.6) is 11.5 Å². The van der Waals surface area contributed by atoms with Crippen molar-refractivity contribution in [1.29, 1.82) is 0 Å². The number of urea groups is 1. The number of allylic oxidation sites excluding steroid dienone is 1. The molecule has 0 bridgehead atoms. The lowest BCUT2D eigenvalue weighted by Crippen LogP contribution is -2.30. The third-order valence-electron chi connectivity index (χ3n) is 5.81. The Morgan fingerprint density at radius 1 is 1.03 bits per heavy atom. The summed E-state index contributed by atoms with van der Waals surface area (Å²) < 4.78 is 13.1. The van der Waals surface area contributed by atoms with Crippen molar-refractivity contribution >= 4 is 33.9 Å². The van der Waals surface area contributed by atoms with Gasteiger partial charge in [-0.3, -0.25) is 9.69 Å². The Kier molecular flexibility index (Phi) is 8.46.